The van der Waals surface area contributed by atoms with Crippen LogP contribution in [0.5, 0.6) is 5.75 Å². The van der Waals surface area contributed by atoms with Crippen LogP contribution in [-0.2, 0) is 0 Å². The van der Waals surface area contributed by atoms with Crippen molar-refractivity contribution in [3.05, 3.63) is 29.8 Å². The van der Waals surface area contributed by atoms with Gasteiger partial charge in [0.15, 0.2) is 5.78 Å². The van der Waals surface area contributed by atoms with E-state index in [1.54, 1.807) is 0 Å². The molecular weight excluding hydrogens is 212 g/mol. The number of hydrogen-bond acceptors (Lipinski definition) is 2. The molecule has 1 fully saturated rings. The third kappa shape index (κ3) is 3.09. The Balaban J connectivity index is 2.10. The average molecular weight is 232 g/mol. The first-order valence-electron chi connectivity index (χ1n) is 6.55. The van der Waals surface area contributed by atoms with Gasteiger partial charge in [-0.3, -0.25) is 4.79 Å². The highest BCUT2D eigenvalue weighted by Crippen LogP contribution is 2.28. The Morgan fingerprint density at radius 1 is 1.35 bits per heavy atom. The summed E-state index contributed by atoms with van der Waals surface area (Å²) in [5, 5.41) is 0. The van der Waals surface area contributed by atoms with Gasteiger partial charge in [-0.05, 0) is 37.8 Å². The van der Waals surface area contributed by atoms with E-state index in [4.69, 9.17) is 4.74 Å². The molecule has 0 atom stereocenters. The Morgan fingerprint density at radius 2 is 2.06 bits per heavy atom. The van der Waals surface area contributed by atoms with E-state index in [9.17, 15) is 4.79 Å². The van der Waals surface area contributed by atoms with Crippen LogP contribution in [-0.4, -0.2) is 11.9 Å². The van der Waals surface area contributed by atoms with Gasteiger partial charge >= 0.3 is 0 Å². The topological polar surface area (TPSA) is 26.3 Å². The van der Waals surface area contributed by atoms with Gasteiger partial charge in [0.1, 0.15) is 5.75 Å². The monoisotopic (exact) mass is 232 g/mol. The Hall–Kier alpha value is -1.31. The molecule has 1 saturated carbocycles. The molecule has 0 radical (unpaired) electrons. The molecular formula is C15H20O2. The lowest BCUT2D eigenvalue weighted by Crippen LogP contribution is -2.13. The van der Waals surface area contributed by atoms with Gasteiger partial charge in [0, 0.05) is 11.5 Å². The van der Waals surface area contributed by atoms with Gasteiger partial charge < -0.3 is 4.74 Å². The molecule has 0 spiro atoms. The normalized spacial score (nSPS) is 15.0. The summed E-state index contributed by atoms with van der Waals surface area (Å²) in [4.78, 5) is 12.2. The first kappa shape index (κ1) is 12.2. The van der Waals surface area contributed by atoms with Gasteiger partial charge in [0.2, 0.25) is 0 Å². The number of rotatable bonds is 6. The predicted octanol–water partition coefficient (Wildman–Crippen LogP) is 3.85. The molecule has 1 aliphatic rings. The van der Waals surface area contributed by atoms with E-state index in [0.717, 1.165) is 37.0 Å². The van der Waals surface area contributed by atoms with Crippen LogP contribution in [0.1, 0.15) is 49.9 Å². The molecule has 92 valence electrons. The van der Waals surface area contributed by atoms with Crippen molar-refractivity contribution >= 4 is 5.78 Å². The second-order valence-electron chi connectivity index (χ2n) is 4.72. The van der Waals surface area contributed by atoms with Crippen molar-refractivity contribution in [3.63, 3.8) is 0 Å². The summed E-state index contributed by atoms with van der Waals surface area (Å²) in [6.45, 7) is 4.13. The lowest BCUT2D eigenvalue weighted by atomic mass is 9.93. The summed E-state index contributed by atoms with van der Waals surface area (Å²) >= 11 is 0. The van der Waals surface area contributed by atoms with E-state index >= 15 is 0 Å². The molecule has 0 unspecified atom stereocenters. The maximum atomic E-state index is 12.2. The Morgan fingerprint density at radius 3 is 2.65 bits per heavy atom. The van der Waals surface area contributed by atoms with E-state index in [0.29, 0.717) is 6.10 Å². The number of benzene rings is 1. The zero-order chi connectivity index (χ0) is 12.3. The molecule has 0 aromatic heterocycles. The Kier molecular flexibility index (Phi) is 3.82. The molecule has 17 heavy (non-hydrogen) atoms. The summed E-state index contributed by atoms with van der Waals surface area (Å²) < 4.78 is 5.71. The second-order valence-corrected chi connectivity index (χ2v) is 4.72. The zero-order valence-electron chi connectivity index (χ0n) is 10.6. The smallest absolute Gasteiger partial charge is 0.166 e. The molecule has 0 saturated heterocycles. The van der Waals surface area contributed by atoms with Gasteiger partial charge in [-0.15, -0.1) is 0 Å². The summed E-state index contributed by atoms with van der Waals surface area (Å²) in [7, 11) is 0. The van der Waals surface area contributed by atoms with E-state index in [1.165, 1.54) is 0 Å². The van der Waals surface area contributed by atoms with E-state index in [2.05, 4.69) is 13.8 Å². The lowest BCUT2D eigenvalue weighted by molar-refractivity contribution is 0.0913. The number of carbonyl (C=O) groups is 1. The molecule has 2 nitrogen and oxygen atoms in total. The van der Waals surface area contributed by atoms with Gasteiger partial charge in [-0.2, -0.15) is 0 Å². The SMILES string of the molecule is CCC(CC)C(=O)c1cccc(OC2CC2)c1. The van der Waals surface area contributed by atoms with Crippen LogP contribution in [0.15, 0.2) is 24.3 Å². The van der Waals surface area contributed by atoms with Crippen molar-refractivity contribution in [1.29, 1.82) is 0 Å². The van der Waals surface area contributed by atoms with E-state index < -0.39 is 0 Å². The van der Waals surface area contributed by atoms with Crippen molar-refractivity contribution in [2.24, 2.45) is 5.92 Å². The molecule has 0 aliphatic heterocycles. The fourth-order valence-electron chi connectivity index (χ4n) is 2.00. The Bertz CT molecular complexity index is 390. The largest absolute Gasteiger partial charge is 0.490 e. The molecule has 1 aliphatic carbocycles. The van der Waals surface area contributed by atoms with Crippen LogP contribution in [0.4, 0.5) is 0 Å². The second kappa shape index (κ2) is 5.35. The quantitative estimate of drug-likeness (QED) is 0.696. The van der Waals surface area contributed by atoms with Crippen LogP contribution in [0.25, 0.3) is 0 Å². The number of ether oxygens (including phenoxy) is 1. The van der Waals surface area contributed by atoms with Crippen LogP contribution in [0, 0.1) is 5.92 Å². The molecule has 1 aromatic carbocycles. The van der Waals surface area contributed by atoms with Gasteiger partial charge in [-0.25, -0.2) is 0 Å². The summed E-state index contributed by atoms with van der Waals surface area (Å²) in [6, 6.07) is 7.62. The number of ketones is 1. The maximum absolute atomic E-state index is 12.2. The van der Waals surface area contributed by atoms with Crippen LogP contribution >= 0.6 is 0 Å². The summed E-state index contributed by atoms with van der Waals surface area (Å²) in [6.07, 6.45) is 4.48. The minimum absolute atomic E-state index is 0.145. The van der Waals surface area contributed by atoms with Gasteiger partial charge in [-0.1, -0.05) is 26.0 Å². The van der Waals surface area contributed by atoms with E-state index in [-0.39, 0.29) is 11.7 Å². The van der Waals surface area contributed by atoms with Crippen molar-refractivity contribution < 1.29 is 9.53 Å². The third-order valence-electron chi connectivity index (χ3n) is 3.30. The van der Waals surface area contributed by atoms with Gasteiger partial charge in [0.05, 0.1) is 6.10 Å². The molecule has 0 heterocycles. The number of carbonyl (C=O) groups excluding carboxylic acids is 1. The minimum atomic E-state index is 0.145. The van der Waals surface area contributed by atoms with Crippen molar-refractivity contribution in [2.45, 2.75) is 45.6 Å². The molecule has 2 heteroatoms. The fourth-order valence-corrected chi connectivity index (χ4v) is 2.00. The Labute approximate surface area is 103 Å². The fraction of sp³-hybridized carbons (Fsp3) is 0.533. The standard InChI is InChI=1S/C15H20O2/c1-3-11(4-2)15(16)12-6-5-7-14(10-12)17-13-8-9-13/h5-7,10-11,13H,3-4,8-9H2,1-2H3. The number of hydrogen-bond donors (Lipinski definition) is 0. The van der Waals surface area contributed by atoms with Gasteiger partial charge in [0.25, 0.3) is 0 Å². The molecule has 0 amide bonds. The maximum Gasteiger partial charge on any atom is 0.166 e. The highest BCUT2D eigenvalue weighted by molar-refractivity contribution is 5.98. The summed E-state index contributed by atoms with van der Waals surface area (Å²) in [5.41, 5.74) is 0.789. The minimum Gasteiger partial charge on any atom is -0.490 e. The number of Topliss-reactive ketones (excluding diaryl/α,β-unsaturated/α-hetero) is 1. The molecule has 0 N–H and O–H groups in total. The lowest BCUT2D eigenvalue weighted by Gasteiger charge is -2.12. The first-order chi connectivity index (χ1) is 8.24. The molecule has 1 aromatic rings. The van der Waals surface area contributed by atoms with Crippen molar-refractivity contribution in [3.8, 4) is 5.75 Å². The summed E-state index contributed by atoms with van der Waals surface area (Å²) in [5.74, 6) is 1.23. The predicted molar refractivity (Wildman–Crippen MR) is 68.5 cm³/mol. The highest BCUT2D eigenvalue weighted by Gasteiger charge is 2.24. The van der Waals surface area contributed by atoms with Crippen molar-refractivity contribution in [1.82, 2.24) is 0 Å². The van der Waals surface area contributed by atoms with Crippen LogP contribution < -0.4 is 4.74 Å². The van der Waals surface area contributed by atoms with Crippen LogP contribution in [0.3, 0.4) is 0 Å². The highest BCUT2D eigenvalue weighted by atomic mass is 16.5. The molecule has 2 rings (SSSR count). The van der Waals surface area contributed by atoms with Crippen molar-refractivity contribution in [2.75, 3.05) is 0 Å². The third-order valence-corrected chi connectivity index (χ3v) is 3.30. The average Bonchev–Trinajstić information content (AvgIpc) is 3.15. The van der Waals surface area contributed by atoms with E-state index in [1.807, 2.05) is 24.3 Å². The first-order valence-corrected chi connectivity index (χ1v) is 6.55. The zero-order valence-corrected chi connectivity index (χ0v) is 10.6. The van der Waals surface area contributed by atoms with Crippen LogP contribution in [0.2, 0.25) is 0 Å². The molecule has 0 bridgehead atoms.